The van der Waals surface area contributed by atoms with E-state index < -0.39 is 0 Å². The first-order valence-corrected chi connectivity index (χ1v) is 5.15. The summed E-state index contributed by atoms with van der Waals surface area (Å²) in [7, 11) is 4.84. The lowest BCUT2D eigenvalue weighted by atomic mass is 10.4. The highest BCUT2D eigenvalue weighted by Crippen LogP contribution is 2.27. The van der Waals surface area contributed by atoms with Gasteiger partial charge in [0.25, 0.3) is 0 Å². The molecule has 0 radical (unpaired) electrons. The highest BCUT2D eigenvalue weighted by atomic mass is 16.5. The first kappa shape index (κ1) is 12.0. The zero-order valence-electron chi connectivity index (χ0n) is 10.3. The van der Waals surface area contributed by atoms with Crippen LogP contribution in [0.25, 0.3) is 0 Å². The third-order valence-corrected chi connectivity index (χ3v) is 2.33. The second-order valence-electron chi connectivity index (χ2n) is 3.47. The minimum Gasteiger partial charge on any atom is -0.481 e. The molecule has 0 aliphatic heterocycles. The molecular weight excluding hydrogens is 236 g/mol. The summed E-state index contributed by atoms with van der Waals surface area (Å²) in [6.07, 6.45) is 1.36. The van der Waals surface area contributed by atoms with Gasteiger partial charge in [-0.05, 0) is 0 Å². The fourth-order valence-corrected chi connectivity index (χ4v) is 1.47. The molecule has 0 atom stereocenters. The highest BCUT2D eigenvalue weighted by molar-refractivity contribution is 5.71. The number of anilines is 3. The van der Waals surface area contributed by atoms with Gasteiger partial charge in [-0.15, -0.1) is 0 Å². The number of nitrogens with one attached hydrogen (secondary N) is 1. The van der Waals surface area contributed by atoms with Crippen molar-refractivity contribution in [1.82, 2.24) is 19.7 Å². The van der Waals surface area contributed by atoms with Crippen molar-refractivity contribution in [2.24, 2.45) is 7.05 Å². The lowest BCUT2D eigenvalue weighted by Gasteiger charge is -2.07. The summed E-state index contributed by atoms with van der Waals surface area (Å²) in [6, 6.07) is 1.73. The summed E-state index contributed by atoms with van der Waals surface area (Å²) in [5.41, 5.74) is 6.16. The Balaban J connectivity index is 2.28. The zero-order valence-corrected chi connectivity index (χ0v) is 10.3. The summed E-state index contributed by atoms with van der Waals surface area (Å²) >= 11 is 0. The minimum atomic E-state index is 0.315. The molecule has 2 heterocycles. The molecule has 0 saturated carbocycles. The Bertz CT molecular complexity index is 553. The average molecular weight is 250 g/mol. The Morgan fingerprint density at radius 1 is 1.28 bits per heavy atom. The number of nitrogens with two attached hydrogens (primary N) is 1. The maximum Gasteiger partial charge on any atom is 0.242 e. The number of nitrogen functional groups attached to an aromatic ring is 1. The number of hydrogen-bond acceptors (Lipinski definition) is 7. The van der Waals surface area contributed by atoms with Crippen LogP contribution in [-0.4, -0.2) is 34.0 Å². The predicted molar refractivity (Wildman–Crippen MR) is 66.0 cm³/mol. The van der Waals surface area contributed by atoms with Crippen LogP contribution < -0.4 is 20.5 Å². The monoisotopic (exact) mass is 250 g/mol. The SMILES string of the molecule is COc1ncnc(Nc2cc(OC)n(C)n2)c1N. The molecule has 0 fully saturated rings. The fraction of sp³-hybridized carbons (Fsp3) is 0.300. The van der Waals surface area contributed by atoms with E-state index in [1.165, 1.54) is 13.4 Å². The normalized spacial score (nSPS) is 10.2. The topological polar surface area (TPSA) is 100 Å². The molecule has 0 unspecified atom stereocenters. The lowest BCUT2D eigenvalue weighted by molar-refractivity contribution is 0.373. The largest absolute Gasteiger partial charge is 0.481 e. The summed E-state index contributed by atoms with van der Waals surface area (Å²) in [4.78, 5) is 7.92. The Labute approximate surface area is 104 Å². The molecule has 18 heavy (non-hydrogen) atoms. The number of hydrogen-bond donors (Lipinski definition) is 2. The molecule has 0 aliphatic carbocycles. The van der Waals surface area contributed by atoms with Gasteiger partial charge < -0.3 is 20.5 Å². The van der Waals surface area contributed by atoms with E-state index in [1.807, 2.05) is 0 Å². The highest BCUT2D eigenvalue weighted by Gasteiger charge is 2.11. The van der Waals surface area contributed by atoms with Crippen molar-refractivity contribution in [3.05, 3.63) is 12.4 Å². The second-order valence-corrected chi connectivity index (χ2v) is 3.47. The third-order valence-electron chi connectivity index (χ3n) is 2.33. The number of ether oxygens (including phenoxy) is 2. The maximum absolute atomic E-state index is 5.84. The molecule has 2 aromatic heterocycles. The molecule has 0 aliphatic rings. The number of methoxy groups -OCH3 is 2. The Morgan fingerprint density at radius 2 is 2.06 bits per heavy atom. The van der Waals surface area contributed by atoms with E-state index in [0.29, 0.717) is 29.1 Å². The van der Waals surface area contributed by atoms with E-state index in [9.17, 15) is 0 Å². The van der Waals surface area contributed by atoms with Gasteiger partial charge in [-0.2, -0.15) is 10.1 Å². The molecule has 0 spiro atoms. The number of nitrogens with zero attached hydrogens (tertiary/aromatic N) is 4. The van der Waals surface area contributed by atoms with Gasteiger partial charge in [0.2, 0.25) is 11.8 Å². The van der Waals surface area contributed by atoms with Gasteiger partial charge >= 0.3 is 0 Å². The molecule has 0 saturated heterocycles. The van der Waals surface area contributed by atoms with Crippen LogP contribution in [0.5, 0.6) is 11.8 Å². The molecule has 0 amide bonds. The Morgan fingerprint density at radius 3 is 2.67 bits per heavy atom. The number of aryl methyl sites for hydroxylation is 1. The first-order chi connectivity index (χ1) is 8.65. The summed E-state index contributed by atoms with van der Waals surface area (Å²) in [6.45, 7) is 0. The molecular formula is C10H14N6O2. The van der Waals surface area contributed by atoms with Gasteiger partial charge in [0.15, 0.2) is 11.6 Å². The smallest absolute Gasteiger partial charge is 0.242 e. The van der Waals surface area contributed by atoms with Crippen LogP contribution in [0, 0.1) is 0 Å². The van der Waals surface area contributed by atoms with Gasteiger partial charge in [0.1, 0.15) is 12.0 Å². The van der Waals surface area contributed by atoms with Crippen molar-refractivity contribution in [3.63, 3.8) is 0 Å². The number of rotatable bonds is 4. The van der Waals surface area contributed by atoms with Crippen LogP contribution in [0.2, 0.25) is 0 Å². The van der Waals surface area contributed by atoms with Crippen LogP contribution in [0.3, 0.4) is 0 Å². The maximum atomic E-state index is 5.84. The average Bonchev–Trinajstić information content (AvgIpc) is 2.72. The van der Waals surface area contributed by atoms with Crippen molar-refractivity contribution in [2.75, 3.05) is 25.3 Å². The van der Waals surface area contributed by atoms with E-state index in [4.69, 9.17) is 15.2 Å². The van der Waals surface area contributed by atoms with Crippen molar-refractivity contribution in [2.45, 2.75) is 0 Å². The quantitative estimate of drug-likeness (QED) is 0.817. The Kier molecular flexibility index (Phi) is 3.18. The standard InChI is InChI=1S/C10H14N6O2/c1-16-7(17-2)4-6(15-16)14-9-8(11)10(18-3)13-5-12-9/h4-5H,11H2,1-3H3,(H,12,13,14,15). The van der Waals surface area contributed by atoms with Crippen molar-refractivity contribution in [3.8, 4) is 11.8 Å². The van der Waals surface area contributed by atoms with Gasteiger partial charge in [0, 0.05) is 13.1 Å². The van der Waals surface area contributed by atoms with Crippen molar-refractivity contribution in [1.29, 1.82) is 0 Å². The van der Waals surface area contributed by atoms with Gasteiger partial charge in [0.05, 0.1) is 14.2 Å². The van der Waals surface area contributed by atoms with Gasteiger partial charge in [-0.25, -0.2) is 9.67 Å². The van der Waals surface area contributed by atoms with Crippen LogP contribution >= 0.6 is 0 Å². The number of aromatic nitrogens is 4. The molecule has 2 aromatic rings. The summed E-state index contributed by atoms with van der Waals surface area (Å²) in [5, 5.41) is 7.17. The van der Waals surface area contributed by atoms with Crippen molar-refractivity contribution < 1.29 is 9.47 Å². The van der Waals surface area contributed by atoms with Crippen molar-refractivity contribution >= 4 is 17.3 Å². The van der Waals surface area contributed by atoms with Gasteiger partial charge in [-0.1, -0.05) is 0 Å². The molecule has 3 N–H and O–H groups in total. The summed E-state index contributed by atoms with van der Waals surface area (Å²) in [5.74, 6) is 1.94. The molecule has 0 bridgehead atoms. The van der Waals surface area contributed by atoms with E-state index in [1.54, 1.807) is 24.9 Å². The van der Waals surface area contributed by atoms with E-state index in [0.717, 1.165) is 0 Å². The predicted octanol–water partition coefficient (Wildman–Crippen LogP) is 0.553. The fourth-order valence-electron chi connectivity index (χ4n) is 1.47. The van der Waals surface area contributed by atoms with Crippen LogP contribution in [-0.2, 0) is 7.05 Å². The molecule has 96 valence electrons. The third kappa shape index (κ3) is 2.12. The zero-order chi connectivity index (χ0) is 13.1. The second kappa shape index (κ2) is 4.78. The molecule has 2 rings (SSSR count). The molecule has 8 heteroatoms. The first-order valence-electron chi connectivity index (χ1n) is 5.15. The Hall–Kier alpha value is -2.51. The van der Waals surface area contributed by atoms with E-state index >= 15 is 0 Å². The van der Waals surface area contributed by atoms with Crippen LogP contribution in [0.15, 0.2) is 12.4 Å². The van der Waals surface area contributed by atoms with E-state index in [-0.39, 0.29) is 0 Å². The van der Waals surface area contributed by atoms with E-state index in [2.05, 4.69) is 20.4 Å². The molecule has 8 nitrogen and oxygen atoms in total. The lowest BCUT2D eigenvalue weighted by Crippen LogP contribution is -2.03. The summed E-state index contributed by atoms with van der Waals surface area (Å²) < 4.78 is 11.7. The van der Waals surface area contributed by atoms with Gasteiger partial charge in [-0.3, -0.25) is 0 Å². The molecule has 0 aromatic carbocycles. The van der Waals surface area contributed by atoms with Crippen LogP contribution in [0.1, 0.15) is 0 Å². The minimum absolute atomic E-state index is 0.315. The van der Waals surface area contributed by atoms with Crippen LogP contribution in [0.4, 0.5) is 17.3 Å².